The van der Waals surface area contributed by atoms with Gasteiger partial charge in [-0.05, 0) is 18.4 Å². The lowest BCUT2D eigenvalue weighted by Crippen LogP contribution is -2.19. The Bertz CT molecular complexity index is 284. The summed E-state index contributed by atoms with van der Waals surface area (Å²) in [6.07, 6.45) is 2.59. The molecule has 0 bridgehead atoms. The molecule has 14 heavy (non-hydrogen) atoms. The van der Waals surface area contributed by atoms with Gasteiger partial charge in [-0.15, -0.1) is 0 Å². The van der Waals surface area contributed by atoms with Gasteiger partial charge in [-0.25, -0.2) is 9.97 Å². The fourth-order valence-corrected chi connectivity index (χ4v) is 1.55. The zero-order valence-electron chi connectivity index (χ0n) is 9.20. The summed E-state index contributed by atoms with van der Waals surface area (Å²) in [5, 5.41) is 0. The molecular weight excluding hydrogens is 174 g/mol. The minimum atomic E-state index is 0.350. The Morgan fingerprint density at radius 1 is 1.36 bits per heavy atom. The van der Waals surface area contributed by atoms with Crippen LogP contribution in [0.15, 0.2) is 12.4 Å². The van der Waals surface area contributed by atoms with Crippen molar-refractivity contribution in [1.29, 1.82) is 0 Å². The largest absolute Gasteiger partial charge is 0.330 e. The Morgan fingerprint density at radius 3 is 2.57 bits per heavy atom. The summed E-state index contributed by atoms with van der Waals surface area (Å²) < 4.78 is 0. The summed E-state index contributed by atoms with van der Waals surface area (Å²) in [6.45, 7) is 7.09. The first-order chi connectivity index (χ1) is 6.69. The summed E-state index contributed by atoms with van der Waals surface area (Å²) in [5.74, 6) is 0.878. The van der Waals surface area contributed by atoms with Crippen molar-refractivity contribution < 1.29 is 0 Å². The van der Waals surface area contributed by atoms with Gasteiger partial charge in [-0.1, -0.05) is 20.8 Å². The van der Waals surface area contributed by atoms with E-state index in [4.69, 9.17) is 5.73 Å². The van der Waals surface area contributed by atoms with E-state index in [1.165, 1.54) is 0 Å². The monoisotopic (exact) mass is 193 g/mol. The standard InChI is InChI=1S/C11H19N3/c1-4-9-5-11(14-7-13-9)10(6-12)8(2)3/h5,7-8,10H,4,6,12H2,1-3H3. The van der Waals surface area contributed by atoms with Crippen molar-refractivity contribution in [2.75, 3.05) is 6.54 Å². The smallest absolute Gasteiger partial charge is 0.115 e. The Labute approximate surface area is 85.8 Å². The number of nitrogens with two attached hydrogens (primary N) is 1. The molecule has 0 aliphatic rings. The Hall–Kier alpha value is -0.960. The van der Waals surface area contributed by atoms with Crippen LogP contribution in [0.3, 0.4) is 0 Å². The molecule has 1 heterocycles. The highest BCUT2D eigenvalue weighted by Crippen LogP contribution is 2.21. The van der Waals surface area contributed by atoms with Crippen LogP contribution in [0.5, 0.6) is 0 Å². The van der Waals surface area contributed by atoms with Gasteiger partial charge >= 0.3 is 0 Å². The molecule has 3 nitrogen and oxygen atoms in total. The van der Waals surface area contributed by atoms with Crippen LogP contribution in [0.1, 0.15) is 38.1 Å². The molecule has 1 rings (SSSR count). The molecule has 2 N–H and O–H groups in total. The molecule has 0 radical (unpaired) electrons. The average Bonchev–Trinajstić information content (AvgIpc) is 2.19. The minimum Gasteiger partial charge on any atom is -0.330 e. The third kappa shape index (κ3) is 2.51. The molecule has 0 fully saturated rings. The van der Waals surface area contributed by atoms with Crippen molar-refractivity contribution >= 4 is 0 Å². The average molecular weight is 193 g/mol. The van der Waals surface area contributed by atoms with Crippen LogP contribution in [0.4, 0.5) is 0 Å². The molecule has 0 saturated heterocycles. The van der Waals surface area contributed by atoms with E-state index in [9.17, 15) is 0 Å². The van der Waals surface area contributed by atoms with Crippen molar-refractivity contribution in [3.8, 4) is 0 Å². The second-order valence-corrected chi connectivity index (χ2v) is 3.87. The number of hydrogen-bond donors (Lipinski definition) is 1. The predicted octanol–water partition coefficient (Wildman–Crippen LogP) is 1.74. The maximum absolute atomic E-state index is 5.74. The molecule has 0 saturated carbocycles. The normalized spacial score (nSPS) is 13.2. The number of nitrogens with zero attached hydrogens (tertiary/aromatic N) is 2. The zero-order valence-corrected chi connectivity index (χ0v) is 9.20. The number of aromatic nitrogens is 2. The van der Waals surface area contributed by atoms with Crippen molar-refractivity contribution in [2.45, 2.75) is 33.1 Å². The maximum atomic E-state index is 5.74. The van der Waals surface area contributed by atoms with Gasteiger partial charge in [0.1, 0.15) is 6.33 Å². The van der Waals surface area contributed by atoms with E-state index in [-0.39, 0.29) is 0 Å². The second-order valence-electron chi connectivity index (χ2n) is 3.87. The molecule has 1 atom stereocenters. The quantitative estimate of drug-likeness (QED) is 0.792. The minimum absolute atomic E-state index is 0.350. The second kappa shape index (κ2) is 5.05. The summed E-state index contributed by atoms with van der Waals surface area (Å²) in [5.41, 5.74) is 7.91. The van der Waals surface area contributed by atoms with E-state index in [2.05, 4.69) is 36.8 Å². The van der Waals surface area contributed by atoms with Crippen LogP contribution in [0.25, 0.3) is 0 Å². The molecule has 1 aromatic heterocycles. The lowest BCUT2D eigenvalue weighted by atomic mass is 9.92. The molecule has 1 unspecified atom stereocenters. The van der Waals surface area contributed by atoms with E-state index in [1.807, 2.05) is 0 Å². The lowest BCUT2D eigenvalue weighted by Gasteiger charge is -2.18. The number of rotatable bonds is 4. The first kappa shape index (κ1) is 11.1. The molecule has 0 spiro atoms. The van der Waals surface area contributed by atoms with Gasteiger partial charge in [0.25, 0.3) is 0 Å². The van der Waals surface area contributed by atoms with Crippen LogP contribution in [-0.2, 0) is 6.42 Å². The molecule has 0 amide bonds. The predicted molar refractivity (Wildman–Crippen MR) is 58.0 cm³/mol. The van der Waals surface area contributed by atoms with E-state index < -0.39 is 0 Å². The van der Waals surface area contributed by atoms with Gasteiger partial charge in [-0.2, -0.15) is 0 Å². The van der Waals surface area contributed by atoms with Crippen LogP contribution < -0.4 is 5.73 Å². The highest BCUT2D eigenvalue weighted by Gasteiger charge is 2.15. The molecule has 78 valence electrons. The Kier molecular flexibility index (Phi) is 4.01. The van der Waals surface area contributed by atoms with E-state index in [1.54, 1.807) is 6.33 Å². The van der Waals surface area contributed by atoms with Gasteiger partial charge in [-0.3, -0.25) is 0 Å². The van der Waals surface area contributed by atoms with E-state index >= 15 is 0 Å². The Morgan fingerprint density at radius 2 is 2.07 bits per heavy atom. The molecule has 3 heteroatoms. The third-order valence-corrected chi connectivity index (χ3v) is 2.55. The maximum Gasteiger partial charge on any atom is 0.115 e. The van der Waals surface area contributed by atoms with Gasteiger partial charge in [0.15, 0.2) is 0 Å². The fraction of sp³-hybridized carbons (Fsp3) is 0.636. The van der Waals surface area contributed by atoms with Gasteiger partial charge in [0, 0.05) is 23.9 Å². The van der Waals surface area contributed by atoms with E-state index in [0.717, 1.165) is 17.8 Å². The van der Waals surface area contributed by atoms with Gasteiger partial charge in [0.2, 0.25) is 0 Å². The molecule has 0 aliphatic carbocycles. The van der Waals surface area contributed by atoms with Crippen molar-refractivity contribution in [2.24, 2.45) is 11.7 Å². The van der Waals surface area contributed by atoms with E-state index in [0.29, 0.717) is 18.4 Å². The fourth-order valence-electron chi connectivity index (χ4n) is 1.55. The summed E-state index contributed by atoms with van der Waals surface area (Å²) >= 11 is 0. The first-order valence-electron chi connectivity index (χ1n) is 5.19. The topological polar surface area (TPSA) is 51.8 Å². The van der Waals surface area contributed by atoms with Crippen LogP contribution in [-0.4, -0.2) is 16.5 Å². The van der Waals surface area contributed by atoms with Crippen molar-refractivity contribution in [3.63, 3.8) is 0 Å². The number of hydrogen-bond acceptors (Lipinski definition) is 3. The SMILES string of the molecule is CCc1cc(C(CN)C(C)C)ncn1. The van der Waals surface area contributed by atoms with Gasteiger partial charge in [0.05, 0.1) is 0 Å². The van der Waals surface area contributed by atoms with Crippen LogP contribution >= 0.6 is 0 Å². The van der Waals surface area contributed by atoms with Crippen LogP contribution in [0, 0.1) is 5.92 Å². The Balaban J connectivity index is 2.92. The highest BCUT2D eigenvalue weighted by atomic mass is 14.8. The molecule has 0 aromatic carbocycles. The third-order valence-electron chi connectivity index (χ3n) is 2.55. The molecular formula is C11H19N3. The summed E-state index contributed by atoms with van der Waals surface area (Å²) in [4.78, 5) is 8.47. The summed E-state index contributed by atoms with van der Waals surface area (Å²) in [7, 11) is 0. The van der Waals surface area contributed by atoms with Crippen LogP contribution in [0.2, 0.25) is 0 Å². The summed E-state index contributed by atoms with van der Waals surface area (Å²) in [6, 6.07) is 2.07. The molecule has 0 aliphatic heterocycles. The van der Waals surface area contributed by atoms with Crippen molar-refractivity contribution in [3.05, 3.63) is 23.8 Å². The lowest BCUT2D eigenvalue weighted by molar-refractivity contribution is 0.494. The van der Waals surface area contributed by atoms with Gasteiger partial charge < -0.3 is 5.73 Å². The first-order valence-corrected chi connectivity index (χ1v) is 5.19. The number of aryl methyl sites for hydroxylation is 1. The zero-order chi connectivity index (χ0) is 10.6. The highest BCUT2D eigenvalue weighted by molar-refractivity contribution is 5.13. The molecule has 1 aromatic rings. The van der Waals surface area contributed by atoms with Crippen molar-refractivity contribution in [1.82, 2.24) is 9.97 Å².